The minimum absolute atomic E-state index is 0.104. The Labute approximate surface area is 163 Å². The van der Waals surface area contributed by atoms with Gasteiger partial charge in [0.25, 0.3) is 0 Å². The number of hydrogen-bond donors (Lipinski definition) is 2. The monoisotopic (exact) mass is 374 g/mol. The summed E-state index contributed by atoms with van der Waals surface area (Å²) >= 11 is 0. The second kappa shape index (κ2) is 7.64. The van der Waals surface area contributed by atoms with Crippen molar-refractivity contribution in [1.82, 2.24) is 15.0 Å². The summed E-state index contributed by atoms with van der Waals surface area (Å²) in [7, 11) is 0. The molecule has 0 aliphatic carbocycles. The summed E-state index contributed by atoms with van der Waals surface area (Å²) in [6, 6.07) is 14.2. The standard InChI is InChI=1S/C21H22N6O/c1-14-18(24-15(2)28)8-5-9-19(14)25-20-22-13-23-21(26-20)27-11-10-16-6-3-4-7-17(16)12-27/h3-9,13H,10-12H2,1-2H3,(H,24,28)(H,22,23,25,26). The molecule has 0 unspecified atom stereocenters. The van der Waals surface area contributed by atoms with Gasteiger partial charge in [-0.05, 0) is 42.2 Å². The number of amides is 1. The molecular weight excluding hydrogens is 352 g/mol. The third kappa shape index (κ3) is 3.78. The van der Waals surface area contributed by atoms with Gasteiger partial charge in [-0.1, -0.05) is 30.3 Å². The molecule has 2 N–H and O–H groups in total. The first-order chi connectivity index (χ1) is 13.6. The van der Waals surface area contributed by atoms with E-state index < -0.39 is 0 Å². The molecule has 28 heavy (non-hydrogen) atoms. The molecule has 1 aliphatic heterocycles. The summed E-state index contributed by atoms with van der Waals surface area (Å²) < 4.78 is 0. The molecular formula is C21H22N6O. The molecule has 0 bridgehead atoms. The van der Waals surface area contributed by atoms with Gasteiger partial charge in [-0.3, -0.25) is 4.79 Å². The van der Waals surface area contributed by atoms with E-state index in [2.05, 4.69) is 54.8 Å². The van der Waals surface area contributed by atoms with Gasteiger partial charge in [-0.2, -0.15) is 4.98 Å². The number of carbonyl (C=O) groups excluding carboxylic acids is 1. The lowest BCUT2D eigenvalue weighted by atomic mass is 10.0. The van der Waals surface area contributed by atoms with Crippen LogP contribution in [0.15, 0.2) is 48.8 Å². The highest BCUT2D eigenvalue weighted by Gasteiger charge is 2.18. The predicted molar refractivity (Wildman–Crippen MR) is 110 cm³/mol. The minimum atomic E-state index is -0.104. The molecule has 2 aromatic carbocycles. The molecule has 7 heteroatoms. The van der Waals surface area contributed by atoms with Crippen LogP contribution in [0.3, 0.4) is 0 Å². The van der Waals surface area contributed by atoms with Crippen LogP contribution in [0, 0.1) is 6.92 Å². The summed E-state index contributed by atoms with van der Waals surface area (Å²) in [5, 5.41) is 6.08. The van der Waals surface area contributed by atoms with E-state index in [1.54, 1.807) is 0 Å². The van der Waals surface area contributed by atoms with Gasteiger partial charge in [0.15, 0.2) is 0 Å². The number of aromatic nitrogens is 3. The molecule has 1 aromatic heterocycles. The second-order valence-electron chi connectivity index (χ2n) is 6.83. The Hall–Kier alpha value is -3.48. The van der Waals surface area contributed by atoms with Gasteiger partial charge in [0.1, 0.15) is 6.33 Å². The predicted octanol–water partition coefficient (Wildman–Crippen LogP) is 3.44. The Morgan fingerprint density at radius 1 is 1.04 bits per heavy atom. The van der Waals surface area contributed by atoms with Crippen LogP contribution in [0.5, 0.6) is 0 Å². The summed E-state index contributed by atoms with van der Waals surface area (Å²) in [6.07, 6.45) is 2.50. The topological polar surface area (TPSA) is 83.0 Å². The number of rotatable bonds is 4. The van der Waals surface area contributed by atoms with E-state index in [1.807, 2.05) is 25.1 Å². The van der Waals surface area contributed by atoms with E-state index in [1.165, 1.54) is 24.4 Å². The molecule has 1 aliphatic rings. The quantitative estimate of drug-likeness (QED) is 0.728. The van der Waals surface area contributed by atoms with Gasteiger partial charge in [-0.15, -0.1) is 0 Å². The summed E-state index contributed by atoms with van der Waals surface area (Å²) in [5.74, 6) is 1.03. The molecule has 0 fully saturated rings. The fraction of sp³-hybridized carbons (Fsp3) is 0.238. The van der Waals surface area contributed by atoms with Crippen LogP contribution in [-0.4, -0.2) is 27.4 Å². The molecule has 142 valence electrons. The van der Waals surface area contributed by atoms with Gasteiger partial charge in [0.2, 0.25) is 17.8 Å². The van der Waals surface area contributed by atoms with Gasteiger partial charge in [0, 0.05) is 31.4 Å². The molecule has 7 nitrogen and oxygen atoms in total. The lowest BCUT2D eigenvalue weighted by Gasteiger charge is -2.28. The number of carbonyl (C=O) groups is 1. The Balaban J connectivity index is 1.55. The van der Waals surface area contributed by atoms with Gasteiger partial charge in [0.05, 0.1) is 0 Å². The van der Waals surface area contributed by atoms with E-state index in [9.17, 15) is 4.79 Å². The first-order valence-corrected chi connectivity index (χ1v) is 9.25. The van der Waals surface area contributed by atoms with Gasteiger partial charge >= 0.3 is 0 Å². The van der Waals surface area contributed by atoms with Crippen LogP contribution in [0.1, 0.15) is 23.6 Å². The average molecular weight is 374 g/mol. The smallest absolute Gasteiger partial charge is 0.232 e. The lowest BCUT2D eigenvalue weighted by Crippen LogP contribution is -2.31. The van der Waals surface area contributed by atoms with Crippen LogP contribution >= 0.6 is 0 Å². The molecule has 0 radical (unpaired) electrons. The van der Waals surface area contributed by atoms with Crippen molar-refractivity contribution in [3.05, 3.63) is 65.5 Å². The van der Waals surface area contributed by atoms with Crippen molar-refractivity contribution in [1.29, 1.82) is 0 Å². The fourth-order valence-electron chi connectivity index (χ4n) is 3.38. The number of hydrogen-bond acceptors (Lipinski definition) is 6. The van der Waals surface area contributed by atoms with Crippen molar-refractivity contribution < 1.29 is 4.79 Å². The fourth-order valence-corrected chi connectivity index (χ4v) is 3.38. The van der Waals surface area contributed by atoms with Crippen molar-refractivity contribution in [3.8, 4) is 0 Å². The normalized spacial score (nSPS) is 13.0. The third-order valence-electron chi connectivity index (χ3n) is 4.86. The van der Waals surface area contributed by atoms with Gasteiger partial charge < -0.3 is 15.5 Å². The highest BCUT2D eigenvalue weighted by molar-refractivity contribution is 5.90. The maximum atomic E-state index is 11.4. The highest BCUT2D eigenvalue weighted by Crippen LogP contribution is 2.26. The van der Waals surface area contributed by atoms with E-state index in [-0.39, 0.29) is 5.91 Å². The Morgan fingerprint density at radius 2 is 1.82 bits per heavy atom. The van der Waals surface area contributed by atoms with Crippen LogP contribution in [0.4, 0.5) is 23.3 Å². The van der Waals surface area contributed by atoms with Crippen molar-refractivity contribution in [2.45, 2.75) is 26.8 Å². The summed E-state index contributed by atoms with van der Waals surface area (Å²) in [6.45, 7) is 5.10. The van der Waals surface area contributed by atoms with Crippen LogP contribution < -0.4 is 15.5 Å². The number of anilines is 4. The number of nitrogens with zero attached hydrogens (tertiary/aromatic N) is 4. The lowest BCUT2D eigenvalue weighted by molar-refractivity contribution is -0.114. The molecule has 3 aromatic rings. The molecule has 4 rings (SSSR count). The zero-order valence-electron chi connectivity index (χ0n) is 15.9. The molecule has 0 saturated carbocycles. The van der Waals surface area contributed by atoms with E-state index in [0.717, 1.165) is 36.4 Å². The largest absolute Gasteiger partial charge is 0.336 e. The van der Waals surface area contributed by atoms with Crippen molar-refractivity contribution in [2.24, 2.45) is 0 Å². The van der Waals surface area contributed by atoms with Crippen molar-refractivity contribution >= 4 is 29.2 Å². The molecule has 1 amide bonds. The number of nitrogens with one attached hydrogen (secondary N) is 2. The van der Waals surface area contributed by atoms with E-state index >= 15 is 0 Å². The number of benzene rings is 2. The molecule has 0 spiro atoms. The maximum absolute atomic E-state index is 11.4. The maximum Gasteiger partial charge on any atom is 0.232 e. The Kier molecular flexibility index (Phi) is 4.89. The molecule has 0 saturated heterocycles. The highest BCUT2D eigenvalue weighted by atomic mass is 16.1. The Morgan fingerprint density at radius 3 is 2.64 bits per heavy atom. The Bertz CT molecular complexity index is 1020. The van der Waals surface area contributed by atoms with Gasteiger partial charge in [-0.25, -0.2) is 9.97 Å². The van der Waals surface area contributed by atoms with Crippen LogP contribution in [0.2, 0.25) is 0 Å². The first kappa shape index (κ1) is 17.9. The summed E-state index contributed by atoms with van der Waals surface area (Å²) in [5.41, 5.74) is 5.22. The zero-order chi connectivity index (χ0) is 19.5. The average Bonchev–Trinajstić information content (AvgIpc) is 2.70. The van der Waals surface area contributed by atoms with Crippen LogP contribution in [0.25, 0.3) is 0 Å². The first-order valence-electron chi connectivity index (χ1n) is 9.25. The minimum Gasteiger partial charge on any atom is -0.336 e. The van der Waals surface area contributed by atoms with E-state index in [0.29, 0.717) is 11.9 Å². The van der Waals surface area contributed by atoms with Crippen molar-refractivity contribution in [2.75, 3.05) is 22.1 Å². The molecule has 2 heterocycles. The zero-order valence-corrected chi connectivity index (χ0v) is 15.9. The molecule has 0 atom stereocenters. The SMILES string of the molecule is CC(=O)Nc1cccc(Nc2ncnc(N3CCc4ccccc4C3)n2)c1C. The second-order valence-corrected chi connectivity index (χ2v) is 6.83. The van der Waals surface area contributed by atoms with Crippen LogP contribution in [-0.2, 0) is 17.8 Å². The van der Waals surface area contributed by atoms with E-state index in [4.69, 9.17) is 0 Å². The summed E-state index contributed by atoms with van der Waals surface area (Å²) in [4.78, 5) is 26.8. The number of fused-ring (bicyclic) bond motifs is 1. The van der Waals surface area contributed by atoms with Crippen molar-refractivity contribution in [3.63, 3.8) is 0 Å². The third-order valence-corrected chi connectivity index (χ3v) is 4.86.